The third-order valence-corrected chi connectivity index (χ3v) is 7.23. The average Bonchev–Trinajstić information content (AvgIpc) is 3.25. The molecule has 3 fully saturated rings. The molecule has 2 aromatic rings. The van der Waals surface area contributed by atoms with Gasteiger partial charge < -0.3 is 4.90 Å². The number of hydrogen-bond acceptors (Lipinski definition) is 3. The Hall–Kier alpha value is -2.20. The molecule has 5 rings (SSSR count). The maximum Gasteiger partial charge on any atom is 0.272 e. The largest absolute Gasteiger partial charge is 0.337 e. The number of nitrogens with zero attached hydrogens (tertiary/aromatic N) is 3. The van der Waals surface area contributed by atoms with Crippen molar-refractivity contribution in [1.29, 1.82) is 0 Å². The van der Waals surface area contributed by atoms with Gasteiger partial charge in [0.15, 0.2) is 0 Å². The number of amides is 1. The molecule has 1 unspecified atom stereocenters. The highest BCUT2D eigenvalue weighted by atomic mass is 16.2. The van der Waals surface area contributed by atoms with Crippen LogP contribution in [0.2, 0.25) is 0 Å². The first kappa shape index (κ1) is 17.9. The SMILES string of the molecule is O=C(c1ccccn1)N1CCC(N2CC3(CCCC3)C2c2ccccc2)CC1. The molecule has 2 saturated heterocycles. The van der Waals surface area contributed by atoms with Crippen LogP contribution >= 0.6 is 0 Å². The van der Waals surface area contributed by atoms with Crippen LogP contribution in [0.4, 0.5) is 0 Å². The summed E-state index contributed by atoms with van der Waals surface area (Å²) in [5, 5.41) is 0. The Balaban J connectivity index is 1.28. The lowest BCUT2D eigenvalue weighted by Gasteiger charge is -2.60. The molecule has 0 N–H and O–H groups in total. The molecule has 1 aromatic carbocycles. The van der Waals surface area contributed by atoms with Crippen LogP contribution in [0, 0.1) is 5.41 Å². The number of piperidine rings is 1. The minimum absolute atomic E-state index is 0.0783. The predicted molar refractivity (Wildman–Crippen MR) is 110 cm³/mol. The summed E-state index contributed by atoms with van der Waals surface area (Å²) in [6, 6.07) is 17.8. The molecule has 3 heterocycles. The predicted octanol–water partition coefficient (Wildman–Crippen LogP) is 4.30. The summed E-state index contributed by atoms with van der Waals surface area (Å²) < 4.78 is 0. The van der Waals surface area contributed by atoms with E-state index in [2.05, 4.69) is 40.2 Å². The van der Waals surface area contributed by atoms with E-state index < -0.39 is 0 Å². The first-order valence-corrected chi connectivity index (χ1v) is 10.8. The van der Waals surface area contributed by atoms with Crippen molar-refractivity contribution in [2.45, 2.75) is 50.6 Å². The molecule has 3 aliphatic rings. The highest BCUT2D eigenvalue weighted by molar-refractivity contribution is 5.92. The van der Waals surface area contributed by atoms with Crippen molar-refractivity contribution in [3.05, 3.63) is 66.0 Å². The van der Waals surface area contributed by atoms with Gasteiger partial charge in [0.1, 0.15) is 5.69 Å². The van der Waals surface area contributed by atoms with Crippen LogP contribution in [0.5, 0.6) is 0 Å². The summed E-state index contributed by atoms with van der Waals surface area (Å²) in [5.41, 5.74) is 2.56. The van der Waals surface area contributed by atoms with E-state index in [9.17, 15) is 4.79 Å². The molecule has 28 heavy (non-hydrogen) atoms. The minimum Gasteiger partial charge on any atom is -0.337 e. The van der Waals surface area contributed by atoms with Gasteiger partial charge in [0, 0.05) is 43.3 Å². The quantitative estimate of drug-likeness (QED) is 0.802. The van der Waals surface area contributed by atoms with Gasteiger partial charge in [-0.3, -0.25) is 14.7 Å². The van der Waals surface area contributed by atoms with E-state index in [1.807, 2.05) is 23.1 Å². The lowest BCUT2D eigenvalue weighted by atomic mass is 9.66. The Labute approximate surface area is 167 Å². The third kappa shape index (κ3) is 3.04. The molecule has 146 valence electrons. The molecular weight excluding hydrogens is 346 g/mol. The number of rotatable bonds is 3. The van der Waals surface area contributed by atoms with Crippen molar-refractivity contribution in [1.82, 2.24) is 14.8 Å². The number of carbonyl (C=O) groups excluding carboxylic acids is 1. The molecule has 1 amide bonds. The van der Waals surface area contributed by atoms with E-state index in [4.69, 9.17) is 0 Å². The zero-order valence-corrected chi connectivity index (χ0v) is 16.5. The van der Waals surface area contributed by atoms with Crippen LogP contribution in [0.1, 0.15) is 60.6 Å². The smallest absolute Gasteiger partial charge is 0.272 e. The van der Waals surface area contributed by atoms with Crippen LogP contribution in [0.15, 0.2) is 54.7 Å². The molecular formula is C24H29N3O. The molecule has 1 spiro atoms. The molecule has 4 heteroatoms. The van der Waals surface area contributed by atoms with E-state index in [1.54, 1.807) is 6.20 Å². The highest BCUT2D eigenvalue weighted by Crippen LogP contribution is 2.59. The zero-order chi connectivity index (χ0) is 19.0. The van der Waals surface area contributed by atoms with Crippen molar-refractivity contribution < 1.29 is 4.79 Å². The number of carbonyl (C=O) groups is 1. The Kier molecular flexibility index (Phi) is 4.67. The number of pyridine rings is 1. The fraction of sp³-hybridized carbons (Fsp3) is 0.500. The second kappa shape index (κ2) is 7.32. The van der Waals surface area contributed by atoms with Crippen molar-refractivity contribution in [3.8, 4) is 0 Å². The molecule has 1 atom stereocenters. The lowest BCUT2D eigenvalue weighted by molar-refractivity contribution is -0.111. The van der Waals surface area contributed by atoms with Crippen LogP contribution < -0.4 is 0 Å². The maximum atomic E-state index is 12.7. The summed E-state index contributed by atoms with van der Waals surface area (Å²) in [4.78, 5) is 21.7. The summed E-state index contributed by atoms with van der Waals surface area (Å²) in [5.74, 6) is 0.0783. The molecule has 1 aromatic heterocycles. The van der Waals surface area contributed by atoms with Crippen LogP contribution in [0.25, 0.3) is 0 Å². The van der Waals surface area contributed by atoms with Crippen LogP contribution in [-0.4, -0.2) is 46.4 Å². The van der Waals surface area contributed by atoms with Crippen molar-refractivity contribution in [2.75, 3.05) is 19.6 Å². The van der Waals surface area contributed by atoms with Crippen molar-refractivity contribution in [2.24, 2.45) is 5.41 Å². The average molecular weight is 376 g/mol. The van der Waals surface area contributed by atoms with Gasteiger partial charge in [0.25, 0.3) is 5.91 Å². The molecule has 1 saturated carbocycles. The number of hydrogen-bond donors (Lipinski definition) is 0. The Morgan fingerprint density at radius 1 is 0.964 bits per heavy atom. The number of aromatic nitrogens is 1. The molecule has 4 nitrogen and oxygen atoms in total. The normalized spacial score (nSPS) is 25.0. The van der Waals surface area contributed by atoms with Crippen molar-refractivity contribution >= 4 is 5.91 Å². The third-order valence-electron chi connectivity index (χ3n) is 7.23. The second-order valence-electron chi connectivity index (χ2n) is 8.79. The highest BCUT2D eigenvalue weighted by Gasteiger charge is 2.55. The lowest BCUT2D eigenvalue weighted by Crippen LogP contribution is -2.62. The Bertz CT molecular complexity index is 808. The van der Waals surface area contributed by atoms with Gasteiger partial charge in [-0.05, 0) is 43.4 Å². The monoisotopic (exact) mass is 375 g/mol. The van der Waals surface area contributed by atoms with Gasteiger partial charge in [0.05, 0.1) is 0 Å². The van der Waals surface area contributed by atoms with Gasteiger partial charge in [-0.15, -0.1) is 0 Å². The van der Waals surface area contributed by atoms with E-state index in [-0.39, 0.29) is 5.91 Å². The van der Waals surface area contributed by atoms with Gasteiger partial charge in [-0.25, -0.2) is 0 Å². The van der Waals surface area contributed by atoms with Crippen LogP contribution in [-0.2, 0) is 0 Å². The Morgan fingerprint density at radius 3 is 2.36 bits per heavy atom. The van der Waals surface area contributed by atoms with E-state index in [0.717, 1.165) is 25.9 Å². The topological polar surface area (TPSA) is 36.4 Å². The maximum absolute atomic E-state index is 12.7. The van der Waals surface area contributed by atoms with Gasteiger partial charge in [0.2, 0.25) is 0 Å². The molecule has 1 aliphatic carbocycles. The number of benzene rings is 1. The van der Waals surface area contributed by atoms with Gasteiger partial charge >= 0.3 is 0 Å². The number of likely N-dealkylation sites (tertiary alicyclic amines) is 2. The van der Waals surface area contributed by atoms with E-state index in [1.165, 1.54) is 37.8 Å². The fourth-order valence-corrected chi connectivity index (χ4v) is 5.86. The second-order valence-corrected chi connectivity index (χ2v) is 8.79. The zero-order valence-electron chi connectivity index (χ0n) is 16.5. The summed E-state index contributed by atoms with van der Waals surface area (Å²) in [6.07, 6.45) is 9.35. The minimum atomic E-state index is 0.0783. The Morgan fingerprint density at radius 2 is 1.68 bits per heavy atom. The summed E-state index contributed by atoms with van der Waals surface area (Å²) in [6.45, 7) is 2.92. The van der Waals surface area contributed by atoms with Gasteiger partial charge in [-0.2, -0.15) is 0 Å². The standard InChI is InChI=1S/C24H29N3O/c28-23(21-10-4-7-15-25-21)26-16-11-20(12-17-26)27-18-24(13-5-6-14-24)22(27)19-8-2-1-3-9-19/h1-4,7-10,15,20,22H,5-6,11-14,16-18H2. The fourth-order valence-electron chi connectivity index (χ4n) is 5.86. The molecule has 0 radical (unpaired) electrons. The van der Waals surface area contributed by atoms with Crippen molar-refractivity contribution in [3.63, 3.8) is 0 Å². The van der Waals surface area contributed by atoms with E-state index in [0.29, 0.717) is 23.2 Å². The van der Waals surface area contributed by atoms with E-state index >= 15 is 0 Å². The van der Waals surface area contributed by atoms with Gasteiger partial charge in [-0.1, -0.05) is 49.2 Å². The summed E-state index contributed by atoms with van der Waals surface area (Å²) >= 11 is 0. The molecule has 2 aliphatic heterocycles. The molecule has 0 bridgehead atoms. The van der Waals surface area contributed by atoms with Crippen LogP contribution in [0.3, 0.4) is 0 Å². The summed E-state index contributed by atoms with van der Waals surface area (Å²) in [7, 11) is 0. The first-order valence-electron chi connectivity index (χ1n) is 10.8. The first-order chi connectivity index (χ1) is 13.8.